The zero-order valence-corrected chi connectivity index (χ0v) is 14.5. The number of amides is 1. The van der Waals surface area contributed by atoms with E-state index in [4.69, 9.17) is 0 Å². The van der Waals surface area contributed by atoms with Crippen LogP contribution in [-0.2, 0) is 24.2 Å². The highest BCUT2D eigenvalue weighted by molar-refractivity contribution is 5.89. The zero-order chi connectivity index (χ0) is 17.5. The second-order valence-electron chi connectivity index (χ2n) is 6.08. The van der Waals surface area contributed by atoms with E-state index in [1.54, 1.807) is 6.20 Å². The third kappa shape index (κ3) is 4.80. The molecule has 0 unspecified atom stereocenters. The first-order chi connectivity index (χ1) is 12.2. The SMILES string of the molecule is CCc1ccc(CCC(=O)Nc2ccnn2Cc2ccccc2)cc1. The highest BCUT2D eigenvalue weighted by Crippen LogP contribution is 2.12. The molecule has 4 nitrogen and oxygen atoms in total. The number of rotatable bonds is 7. The highest BCUT2D eigenvalue weighted by atomic mass is 16.1. The Morgan fingerprint density at radius 1 is 0.960 bits per heavy atom. The average molecular weight is 333 g/mol. The van der Waals surface area contributed by atoms with Gasteiger partial charge in [-0.3, -0.25) is 4.79 Å². The van der Waals surface area contributed by atoms with E-state index < -0.39 is 0 Å². The Balaban J connectivity index is 1.55. The van der Waals surface area contributed by atoms with Gasteiger partial charge in [-0.1, -0.05) is 61.5 Å². The molecule has 1 aromatic heterocycles. The fourth-order valence-corrected chi connectivity index (χ4v) is 2.73. The van der Waals surface area contributed by atoms with Crippen LogP contribution in [0.4, 0.5) is 5.82 Å². The van der Waals surface area contributed by atoms with Crippen LogP contribution in [0.5, 0.6) is 0 Å². The number of hydrogen-bond donors (Lipinski definition) is 1. The maximum absolute atomic E-state index is 12.3. The summed E-state index contributed by atoms with van der Waals surface area (Å²) in [6.07, 6.45) is 3.94. The number of nitrogens with one attached hydrogen (secondary N) is 1. The average Bonchev–Trinajstić information content (AvgIpc) is 3.08. The van der Waals surface area contributed by atoms with Crippen molar-refractivity contribution >= 4 is 11.7 Å². The number of carbonyl (C=O) groups is 1. The number of benzene rings is 2. The molecule has 3 rings (SSSR count). The Labute approximate surface area is 148 Å². The molecule has 2 aromatic carbocycles. The maximum Gasteiger partial charge on any atom is 0.225 e. The predicted octanol–water partition coefficient (Wildman–Crippen LogP) is 4.07. The summed E-state index contributed by atoms with van der Waals surface area (Å²) in [5.41, 5.74) is 3.65. The summed E-state index contributed by atoms with van der Waals surface area (Å²) in [4.78, 5) is 12.3. The van der Waals surface area contributed by atoms with Gasteiger partial charge in [-0.05, 0) is 29.5 Å². The second kappa shape index (κ2) is 8.29. The molecule has 4 heteroatoms. The zero-order valence-electron chi connectivity index (χ0n) is 14.5. The first-order valence-corrected chi connectivity index (χ1v) is 8.68. The molecule has 1 heterocycles. The van der Waals surface area contributed by atoms with Crippen molar-refractivity contribution in [2.24, 2.45) is 0 Å². The normalized spacial score (nSPS) is 10.6. The number of hydrogen-bond acceptors (Lipinski definition) is 2. The lowest BCUT2D eigenvalue weighted by Crippen LogP contribution is -2.16. The largest absolute Gasteiger partial charge is 0.311 e. The van der Waals surface area contributed by atoms with E-state index >= 15 is 0 Å². The Hall–Kier alpha value is -2.88. The smallest absolute Gasteiger partial charge is 0.225 e. The fraction of sp³-hybridized carbons (Fsp3) is 0.238. The van der Waals surface area contributed by atoms with Gasteiger partial charge >= 0.3 is 0 Å². The lowest BCUT2D eigenvalue weighted by molar-refractivity contribution is -0.116. The molecule has 128 valence electrons. The van der Waals surface area contributed by atoms with E-state index in [1.165, 1.54) is 11.1 Å². The molecule has 0 saturated carbocycles. The predicted molar refractivity (Wildman–Crippen MR) is 101 cm³/mol. The van der Waals surface area contributed by atoms with Crippen molar-refractivity contribution in [3.05, 3.63) is 83.6 Å². The Bertz CT molecular complexity index is 807. The van der Waals surface area contributed by atoms with Gasteiger partial charge in [0.05, 0.1) is 12.7 Å². The molecule has 0 atom stereocenters. The van der Waals surface area contributed by atoms with Crippen LogP contribution in [-0.4, -0.2) is 15.7 Å². The van der Waals surface area contributed by atoms with Crippen LogP contribution in [0.3, 0.4) is 0 Å². The van der Waals surface area contributed by atoms with Crippen LogP contribution in [0.1, 0.15) is 30.0 Å². The minimum absolute atomic E-state index is 0.00868. The minimum atomic E-state index is 0.00868. The van der Waals surface area contributed by atoms with Crippen molar-refractivity contribution in [1.82, 2.24) is 9.78 Å². The molecule has 0 aliphatic rings. The van der Waals surface area contributed by atoms with Gasteiger partial charge in [0.25, 0.3) is 0 Å². The quantitative estimate of drug-likeness (QED) is 0.708. The minimum Gasteiger partial charge on any atom is -0.311 e. The molecule has 0 aliphatic carbocycles. The Kier molecular flexibility index (Phi) is 5.62. The number of aromatic nitrogens is 2. The van der Waals surface area contributed by atoms with Crippen molar-refractivity contribution < 1.29 is 4.79 Å². The van der Waals surface area contributed by atoms with Crippen LogP contribution in [0, 0.1) is 0 Å². The molecule has 0 aliphatic heterocycles. The number of anilines is 1. The monoisotopic (exact) mass is 333 g/mol. The first-order valence-electron chi connectivity index (χ1n) is 8.68. The number of aryl methyl sites for hydroxylation is 2. The van der Waals surface area contributed by atoms with Crippen molar-refractivity contribution in [3.63, 3.8) is 0 Å². The third-order valence-electron chi connectivity index (χ3n) is 4.23. The van der Waals surface area contributed by atoms with E-state index in [1.807, 2.05) is 41.1 Å². The Morgan fingerprint density at radius 3 is 2.40 bits per heavy atom. The third-order valence-corrected chi connectivity index (χ3v) is 4.23. The molecule has 0 radical (unpaired) electrons. The molecular formula is C21H23N3O. The van der Waals surface area contributed by atoms with Crippen molar-refractivity contribution in [3.8, 4) is 0 Å². The van der Waals surface area contributed by atoms with E-state index in [2.05, 4.69) is 41.6 Å². The van der Waals surface area contributed by atoms with E-state index in [9.17, 15) is 4.79 Å². The topological polar surface area (TPSA) is 46.9 Å². The number of carbonyl (C=O) groups excluding carboxylic acids is 1. The molecule has 0 spiro atoms. The summed E-state index contributed by atoms with van der Waals surface area (Å²) in [6, 6.07) is 20.4. The summed E-state index contributed by atoms with van der Waals surface area (Å²) >= 11 is 0. The molecular weight excluding hydrogens is 310 g/mol. The standard InChI is InChI=1S/C21H23N3O/c1-2-17-8-10-18(11-9-17)12-13-21(25)23-20-14-15-22-24(20)16-19-6-4-3-5-7-19/h3-11,14-15H,2,12-13,16H2,1H3,(H,23,25). The molecule has 3 aromatic rings. The van der Waals surface area contributed by atoms with Gasteiger partial charge in [-0.15, -0.1) is 0 Å². The van der Waals surface area contributed by atoms with E-state index in [0.717, 1.165) is 24.2 Å². The molecule has 1 amide bonds. The summed E-state index contributed by atoms with van der Waals surface area (Å²) in [6.45, 7) is 2.78. The van der Waals surface area contributed by atoms with Crippen molar-refractivity contribution in [1.29, 1.82) is 0 Å². The van der Waals surface area contributed by atoms with Gasteiger partial charge in [-0.2, -0.15) is 5.10 Å². The lowest BCUT2D eigenvalue weighted by Gasteiger charge is -2.09. The van der Waals surface area contributed by atoms with Gasteiger partial charge < -0.3 is 5.32 Å². The Morgan fingerprint density at radius 2 is 1.68 bits per heavy atom. The van der Waals surface area contributed by atoms with Crippen LogP contribution < -0.4 is 5.32 Å². The van der Waals surface area contributed by atoms with Gasteiger partial charge in [0.1, 0.15) is 5.82 Å². The second-order valence-corrected chi connectivity index (χ2v) is 6.08. The van der Waals surface area contributed by atoms with Crippen LogP contribution in [0.2, 0.25) is 0 Å². The van der Waals surface area contributed by atoms with Crippen molar-refractivity contribution in [2.75, 3.05) is 5.32 Å². The molecule has 1 N–H and O–H groups in total. The van der Waals surface area contributed by atoms with Gasteiger partial charge in [0.15, 0.2) is 0 Å². The summed E-state index contributed by atoms with van der Waals surface area (Å²) < 4.78 is 1.81. The molecule has 0 saturated heterocycles. The summed E-state index contributed by atoms with van der Waals surface area (Å²) in [5, 5.41) is 7.27. The number of nitrogens with zero attached hydrogens (tertiary/aromatic N) is 2. The van der Waals surface area contributed by atoms with Gasteiger partial charge in [-0.25, -0.2) is 4.68 Å². The van der Waals surface area contributed by atoms with Gasteiger partial charge in [0.2, 0.25) is 5.91 Å². The van der Waals surface area contributed by atoms with E-state index in [0.29, 0.717) is 13.0 Å². The van der Waals surface area contributed by atoms with E-state index in [-0.39, 0.29) is 5.91 Å². The lowest BCUT2D eigenvalue weighted by atomic mass is 10.1. The van der Waals surface area contributed by atoms with Gasteiger partial charge in [0, 0.05) is 12.5 Å². The first kappa shape index (κ1) is 17.0. The summed E-state index contributed by atoms with van der Waals surface area (Å²) in [7, 11) is 0. The van der Waals surface area contributed by atoms with Crippen molar-refractivity contribution in [2.45, 2.75) is 32.7 Å². The molecule has 0 bridgehead atoms. The van der Waals surface area contributed by atoms with Crippen LogP contribution in [0.15, 0.2) is 66.9 Å². The van der Waals surface area contributed by atoms with Crippen LogP contribution in [0.25, 0.3) is 0 Å². The molecule has 0 fully saturated rings. The maximum atomic E-state index is 12.3. The van der Waals surface area contributed by atoms with Crippen LogP contribution >= 0.6 is 0 Å². The molecule has 25 heavy (non-hydrogen) atoms. The highest BCUT2D eigenvalue weighted by Gasteiger charge is 2.08. The summed E-state index contributed by atoms with van der Waals surface area (Å²) in [5.74, 6) is 0.740. The fourth-order valence-electron chi connectivity index (χ4n) is 2.73.